The lowest BCUT2D eigenvalue weighted by molar-refractivity contribution is -0.140. The summed E-state index contributed by atoms with van der Waals surface area (Å²) >= 11 is 0. The Balaban J connectivity index is 1.94. The zero-order chi connectivity index (χ0) is 16.4. The molecule has 1 N–H and O–H groups in total. The maximum absolute atomic E-state index is 11.7. The SMILES string of the molecule is CCOc1ccc(C2=NN3N=C(OC)C=CC3C2C(=O)O)cc1. The molecule has 2 aliphatic heterocycles. The molecule has 120 valence electrons. The van der Waals surface area contributed by atoms with Crippen LogP contribution in [0, 0.1) is 5.92 Å². The van der Waals surface area contributed by atoms with E-state index >= 15 is 0 Å². The molecule has 0 amide bonds. The predicted molar refractivity (Wildman–Crippen MR) is 84.5 cm³/mol. The van der Waals surface area contributed by atoms with E-state index in [0.29, 0.717) is 18.2 Å². The average molecular weight is 315 g/mol. The van der Waals surface area contributed by atoms with Crippen molar-refractivity contribution in [1.29, 1.82) is 0 Å². The number of nitrogens with zero attached hydrogens (tertiary/aromatic N) is 3. The maximum Gasteiger partial charge on any atom is 0.315 e. The highest BCUT2D eigenvalue weighted by molar-refractivity contribution is 6.13. The van der Waals surface area contributed by atoms with Gasteiger partial charge < -0.3 is 14.6 Å². The molecule has 1 aromatic rings. The van der Waals surface area contributed by atoms with Crippen LogP contribution in [0.2, 0.25) is 0 Å². The second-order valence-corrected chi connectivity index (χ2v) is 5.07. The molecule has 2 aliphatic rings. The molecule has 0 bridgehead atoms. The zero-order valence-electron chi connectivity index (χ0n) is 12.8. The molecule has 1 aromatic carbocycles. The quantitative estimate of drug-likeness (QED) is 0.914. The number of hydrazone groups is 2. The van der Waals surface area contributed by atoms with Crippen molar-refractivity contribution in [2.75, 3.05) is 13.7 Å². The highest BCUT2D eigenvalue weighted by Crippen LogP contribution is 2.30. The summed E-state index contributed by atoms with van der Waals surface area (Å²) in [5.74, 6) is -0.599. The zero-order valence-corrected chi connectivity index (χ0v) is 12.8. The lowest BCUT2D eigenvalue weighted by atomic mass is 9.91. The van der Waals surface area contributed by atoms with Crippen molar-refractivity contribution in [2.24, 2.45) is 16.1 Å². The van der Waals surface area contributed by atoms with Gasteiger partial charge in [-0.3, -0.25) is 4.79 Å². The third-order valence-electron chi connectivity index (χ3n) is 3.69. The second-order valence-electron chi connectivity index (χ2n) is 5.07. The van der Waals surface area contributed by atoms with Gasteiger partial charge in [0.15, 0.2) is 0 Å². The van der Waals surface area contributed by atoms with Crippen molar-refractivity contribution >= 4 is 17.6 Å². The van der Waals surface area contributed by atoms with Gasteiger partial charge in [-0.05, 0) is 36.8 Å². The van der Waals surface area contributed by atoms with Gasteiger partial charge >= 0.3 is 5.97 Å². The van der Waals surface area contributed by atoms with Crippen molar-refractivity contribution in [2.45, 2.75) is 13.0 Å². The first-order valence-corrected chi connectivity index (χ1v) is 7.28. The van der Waals surface area contributed by atoms with Gasteiger partial charge in [-0.2, -0.15) is 10.2 Å². The van der Waals surface area contributed by atoms with Crippen LogP contribution in [0.4, 0.5) is 0 Å². The van der Waals surface area contributed by atoms with Crippen LogP contribution in [0.3, 0.4) is 0 Å². The number of aliphatic carboxylic acids is 1. The fourth-order valence-corrected chi connectivity index (χ4v) is 2.62. The lowest BCUT2D eigenvalue weighted by Crippen LogP contribution is -2.36. The molecular formula is C16H17N3O4. The first-order valence-electron chi connectivity index (χ1n) is 7.28. The minimum absolute atomic E-state index is 0.391. The van der Waals surface area contributed by atoms with E-state index < -0.39 is 17.9 Å². The van der Waals surface area contributed by atoms with Gasteiger partial charge in [0, 0.05) is 6.08 Å². The summed E-state index contributed by atoms with van der Waals surface area (Å²) in [5, 5.41) is 19.5. The van der Waals surface area contributed by atoms with Gasteiger partial charge in [0.25, 0.3) is 0 Å². The molecule has 0 aliphatic carbocycles. The second kappa shape index (κ2) is 6.12. The summed E-state index contributed by atoms with van der Waals surface area (Å²) in [6.45, 7) is 2.48. The number of carbonyl (C=O) groups is 1. The molecule has 3 rings (SSSR count). The van der Waals surface area contributed by atoms with Gasteiger partial charge in [-0.25, -0.2) is 0 Å². The summed E-state index contributed by atoms with van der Waals surface area (Å²) < 4.78 is 10.5. The fraction of sp³-hybridized carbons (Fsp3) is 0.312. The van der Waals surface area contributed by atoms with Crippen LogP contribution in [0.15, 0.2) is 46.6 Å². The number of benzene rings is 1. The van der Waals surface area contributed by atoms with Crippen molar-refractivity contribution in [3.05, 3.63) is 42.0 Å². The van der Waals surface area contributed by atoms with E-state index in [1.54, 1.807) is 24.3 Å². The van der Waals surface area contributed by atoms with E-state index in [4.69, 9.17) is 9.47 Å². The lowest BCUT2D eigenvalue weighted by Gasteiger charge is -2.22. The van der Waals surface area contributed by atoms with E-state index in [1.807, 2.05) is 19.1 Å². The third kappa shape index (κ3) is 2.77. The van der Waals surface area contributed by atoms with Crippen LogP contribution < -0.4 is 4.74 Å². The Labute approximate surface area is 133 Å². The number of hydrogen-bond acceptors (Lipinski definition) is 6. The van der Waals surface area contributed by atoms with E-state index in [2.05, 4.69) is 10.2 Å². The van der Waals surface area contributed by atoms with Crippen molar-refractivity contribution in [3.63, 3.8) is 0 Å². The monoisotopic (exact) mass is 315 g/mol. The highest BCUT2D eigenvalue weighted by Gasteiger charge is 2.43. The first kappa shape index (κ1) is 15.1. The summed E-state index contributed by atoms with van der Waals surface area (Å²) in [6.07, 6.45) is 3.41. The third-order valence-corrected chi connectivity index (χ3v) is 3.69. The van der Waals surface area contributed by atoms with Gasteiger partial charge in [-0.1, -0.05) is 6.08 Å². The Morgan fingerprint density at radius 1 is 1.30 bits per heavy atom. The van der Waals surface area contributed by atoms with Crippen LogP contribution in [0.25, 0.3) is 0 Å². The number of hydrogen-bond donors (Lipinski definition) is 1. The van der Waals surface area contributed by atoms with Gasteiger partial charge in [-0.15, -0.1) is 5.10 Å². The number of carboxylic acid groups (broad SMARTS) is 1. The number of fused-ring (bicyclic) bond motifs is 1. The molecule has 7 heteroatoms. The summed E-state index contributed by atoms with van der Waals surface area (Å²) in [6, 6.07) is 6.77. The summed E-state index contributed by atoms with van der Waals surface area (Å²) in [5.41, 5.74) is 1.20. The standard InChI is InChI=1S/C16H17N3O4/c1-3-23-11-6-4-10(5-7-11)15-14(16(20)21)12-8-9-13(22-2)17-19(12)18-15/h4-9,12,14H,3H2,1-2H3,(H,20,21). The molecule has 2 unspecified atom stereocenters. The molecule has 0 spiro atoms. The number of rotatable bonds is 4. The van der Waals surface area contributed by atoms with E-state index in [9.17, 15) is 9.90 Å². The summed E-state index contributed by atoms with van der Waals surface area (Å²) in [7, 11) is 1.51. The fourth-order valence-electron chi connectivity index (χ4n) is 2.62. The Morgan fingerprint density at radius 2 is 2.04 bits per heavy atom. The maximum atomic E-state index is 11.7. The highest BCUT2D eigenvalue weighted by atomic mass is 16.5. The van der Waals surface area contributed by atoms with E-state index in [-0.39, 0.29) is 0 Å². The van der Waals surface area contributed by atoms with Crippen molar-refractivity contribution in [3.8, 4) is 5.75 Å². The normalized spacial score (nSPS) is 22.3. The molecule has 0 fully saturated rings. The van der Waals surface area contributed by atoms with Gasteiger partial charge in [0.1, 0.15) is 17.7 Å². The largest absolute Gasteiger partial charge is 0.494 e. The number of methoxy groups -OCH3 is 1. The van der Waals surface area contributed by atoms with Crippen LogP contribution in [-0.2, 0) is 9.53 Å². The minimum Gasteiger partial charge on any atom is -0.494 e. The smallest absolute Gasteiger partial charge is 0.315 e. The molecule has 0 saturated heterocycles. The van der Waals surface area contributed by atoms with Crippen LogP contribution >= 0.6 is 0 Å². The molecule has 0 saturated carbocycles. The Morgan fingerprint density at radius 3 is 2.65 bits per heavy atom. The first-order chi connectivity index (χ1) is 11.1. The van der Waals surface area contributed by atoms with Gasteiger partial charge in [0.05, 0.1) is 19.4 Å². The van der Waals surface area contributed by atoms with Crippen LogP contribution in [-0.4, -0.2) is 47.6 Å². The Kier molecular flexibility index (Phi) is 4.01. The topological polar surface area (TPSA) is 83.7 Å². The molecule has 0 aromatic heterocycles. The molecule has 7 nitrogen and oxygen atoms in total. The molecule has 23 heavy (non-hydrogen) atoms. The molecule has 2 heterocycles. The van der Waals surface area contributed by atoms with Crippen molar-refractivity contribution in [1.82, 2.24) is 5.12 Å². The van der Waals surface area contributed by atoms with E-state index in [0.717, 1.165) is 11.3 Å². The van der Waals surface area contributed by atoms with E-state index in [1.165, 1.54) is 12.2 Å². The Bertz CT molecular complexity index is 694. The van der Waals surface area contributed by atoms with Gasteiger partial charge in [0.2, 0.25) is 5.90 Å². The number of carboxylic acids is 1. The summed E-state index contributed by atoms with van der Waals surface area (Å²) in [4.78, 5) is 11.7. The van der Waals surface area contributed by atoms with Crippen molar-refractivity contribution < 1.29 is 19.4 Å². The van der Waals surface area contributed by atoms with Crippen LogP contribution in [0.5, 0.6) is 5.75 Å². The Hall–Kier alpha value is -2.83. The average Bonchev–Trinajstić information content (AvgIpc) is 2.94. The molecule has 0 radical (unpaired) electrons. The predicted octanol–water partition coefficient (Wildman–Crippen LogP) is 1.70. The molecule has 2 atom stereocenters. The van der Waals surface area contributed by atoms with Crippen LogP contribution in [0.1, 0.15) is 12.5 Å². The number of ether oxygens (including phenoxy) is 2. The molecular weight excluding hydrogens is 298 g/mol. The minimum atomic E-state index is -0.939.